The predicted octanol–water partition coefficient (Wildman–Crippen LogP) is 2.65. The number of esters is 1. The lowest BCUT2D eigenvalue weighted by molar-refractivity contribution is -0.149. The molecule has 2 aromatic rings. The van der Waals surface area contributed by atoms with Crippen molar-refractivity contribution in [3.05, 3.63) is 48.5 Å². The van der Waals surface area contributed by atoms with E-state index in [0.29, 0.717) is 29.5 Å². The Bertz CT molecular complexity index is 729. The van der Waals surface area contributed by atoms with Gasteiger partial charge in [-0.15, -0.1) is 0 Å². The van der Waals surface area contributed by atoms with Crippen LogP contribution < -0.4 is 19.5 Å². The van der Waals surface area contributed by atoms with Crippen LogP contribution in [0, 0.1) is 0 Å². The predicted molar refractivity (Wildman–Crippen MR) is 95.7 cm³/mol. The first-order valence-corrected chi connectivity index (χ1v) is 8.06. The molecule has 2 rings (SSSR count). The van der Waals surface area contributed by atoms with Crippen molar-refractivity contribution in [2.75, 3.05) is 32.2 Å². The molecule has 0 aliphatic carbocycles. The van der Waals surface area contributed by atoms with Crippen LogP contribution in [0.5, 0.6) is 17.2 Å². The number of hydrogen-bond donors (Lipinski definition) is 1. The Morgan fingerprint density at radius 3 is 2.31 bits per heavy atom. The Morgan fingerprint density at radius 1 is 0.923 bits per heavy atom. The molecule has 0 fully saturated rings. The van der Waals surface area contributed by atoms with E-state index in [4.69, 9.17) is 18.9 Å². The largest absolute Gasteiger partial charge is 0.497 e. The molecule has 0 saturated heterocycles. The molecule has 0 atom stereocenters. The molecule has 0 spiro atoms. The summed E-state index contributed by atoms with van der Waals surface area (Å²) in [5.41, 5.74) is 0.518. The number of anilines is 1. The van der Waals surface area contributed by atoms with Gasteiger partial charge >= 0.3 is 5.97 Å². The van der Waals surface area contributed by atoms with E-state index < -0.39 is 18.5 Å². The van der Waals surface area contributed by atoms with E-state index in [0.717, 1.165) is 0 Å². The van der Waals surface area contributed by atoms with Crippen LogP contribution in [0.2, 0.25) is 0 Å². The molecular formula is C19H21NO6. The SMILES string of the molecule is CCOc1ccccc1NC(=O)COC(=O)COc1ccc(OC)cc1. The third kappa shape index (κ3) is 6.01. The van der Waals surface area contributed by atoms with E-state index in [1.54, 1.807) is 55.6 Å². The van der Waals surface area contributed by atoms with E-state index in [-0.39, 0.29) is 6.61 Å². The van der Waals surface area contributed by atoms with Gasteiger partial charge in [0.15, 0.2) is 13.2 Å². The van der Waals surface area contributed by atoms with E-state index in [1.807, 2.05) is 6.92 Å². The first-order valence-electron chi connectivity index (χ1n) is 8.06. The van der Waals surface area contributed by atoms with Gasteiger partial charge in [0.25, 0.3) is 5.91 Å². The van der Waals surface area contributed by atoms with Gasteiger partial charge in [-0.25, -0.2) is 4.79 Å². The topological polar surface area (TPSA) is 83.1 Å². The number of ether oxygens (including phenoxy) is 4. The van der Waals surface area contributed by atoms with Crippen molar-refractivity contribution < 1.29 is 28.5 Å². The maximum absolute atomic E-state index is 11.9. The minimum atomic E-state index is -0.644. The molecule has 1 amide bonds. The average Bonchev–Trinajstić information content (AvgIpc) is 2.67. The lowest BCUT2D eigenvalue weighted by atomic mass is 10.3. The van der Waals surface area contributed by atoms with Crippen molar-refractivity contribution in [3.63, 3.8) is 0 Å². The zero-order chi connectivity index (χ0) is 18.8. The number of carbonyl (C=O) groups is 2. The fourth-order valence-corrected chi connectivity index (χ4v) is 2.04. The Kier molecular flexibility index (Phi) is 7.30. The van der Waals surface area contributed by atoms with Crippen LogP contribution in [0.4, 0.5) is 5.69 Å². The van der Waals surface area contributed by atoms with E-state index >= 15 is 0 Å². The van der Waals surface area contributed by atoms with Crippen molar-refractivity contribution in [1.82, 2.24) is 0 Å². The number of carbonyl (C=O) groups excluding carboxylic acids is 2. The summed E-state index contributed by atoms with van der Waals surface area (Å²) in [4.78, 5) is 23.6. The molecule has 0 aliphatic rings. The molecule has 7 heteroatoms. The van der Waals surface area contributed by atoms with E-state index in [1.165, 1.54) is 0 Å². The molecule has 2 aromatic carbocycles. The van der Waals surface area contributed by atoms with Crippen molar-refractivity contribution in [1.29, 1.82) is 0 Å². The quantitative estimate of drug-likeness (QED) is 0.693. The summed E-state index contributed by atoms with van der Waals surface area (Å²) in [6.45, 7) is 1.62. The van der Waals surface area contributed by atoms with Crippen LogP contribution in [-0.2, 0) is 14.3 Å². The average molecular weight is 359 g/mol. The molecule has 7 nitrogen and oxygen atoms in total. The van der Waals surface area contributed by atoms with Gasteiger partial charge in [0.05, 0.1) is 19.4 Å². The Morgan fingerprint density at radius 2 is 1.62 bits per heavy atom. The molecule has 0 aliphatic heterocycles. The molecular weight excluding hydrogens is 338 g/mol. The molecule has 0 saturated carbocycles. The third-order valence-corrected chi connectivity index (χ3v) is 3.24. The second-order valence-electron chi connectivity index (χ2n) is 5.10. The van der Waals surface area contributed by atoms with Crippen LogP contribution in [0.25, 0.3) is 0 Å². The third-order valence-electron chi connectivity index (χ3n) is 3.24. The first kappa shape index (κ1) is 19.1. The number of methoxy groups -OCH3 is 1. The monoisotopic (exact) mass is 359 g/mol. The second kappa shape index (κ2) is 9.93. The number of rotatable bonds is 9. The van der Waals surface area contributed by atoms with Gasteiger partial charge in [-0.1, -0.05) is 12.1 Å². The van der Waals surface area contributed by atoms with Crippen molar-refractivity contribution in [2.24, 2.45) is 0 Å². The van der Waals surface area contributed by atoms with Gasteiger partial charge in [0.1, 0.15) is 17.2 Å². The number of benzene rings is 2. The van der Waals surface area contributed by atoms with Crippen LogP contribution in [0.1, 0.15) is 6.92 Å². The van der Waals surface area contributed by atoms with Crippen LogP contribution >= 0.6 is 0 Å². The van der Waals surface area contributed by atoms with Crippen LogP contribution in [-0.4, -0.2) is 38.8 Å². The lowest BCUT2D eigenvalue weighted by Gasteiger charge is -2.11. The van der Waals surface area contributed by atoms with Gasteiger partial charge < -0.3 is 24.3 Å². The van der Waals surface area contributed by atoms with Crippen LogP contribution in [0.15, 0.2) is 48.5 Å². The molecule has 0 aromatic heterocycles. The maximum atomic E-state index is 11.9. The highest BCUT2D eigenvalue weighted by Crippen LogP contribution is 2.23. The molecule has 0 bridgehead atoms. The number of amides is 1. The lowest BCUT2D eigenvalue weighted by Crippen LogP contribution is -2.23. The van der Waals surface area contributed by atoms with Gasteiger partial charge in [0, 0.05) is 0 Å². The maximum Gasteiger partial charge on any atom is 0.344 e. The fraction of sp³-hybridized carbons (Fsp3) is 0.263. The zero-order valence-corrected chi connectivity index (χ0v) is 14.7. The Labute approximate surface area is 151 Å². The minimum Gasteiger partial charge on any atom is -0.497 e. The van der Waals surface area contributed by atoms with Gasteiger partial charge in [-0.3, -0.25) is 4.79 Å². The highest BCUT2D eigenvalue weighted by Gasteiger charge is 2.11. The minimum absolute atomic E-state index is 0.296. The summed E-state index contributed by atoms with van der Waals surface area (Å²) in [6.07, 6.45) is 0. The summed E-state index contributed by atoms with van der Waals surface area (Å²) in [6, 6.07) is 13.8. The van der Waals surface area contributed by atoms with E-state index in [2.05, 4.69) is 5.32 Å². The summed E-state index contributed by atoms with van der Waals surface area (Å²) in [5.74, 6) is 0.628. The van der Waals surface area contributed by atoms with Gasteiger partial charge in [-0.05, 0) is 43.3 Å². The standard InChI is InChI=1S/C19H21NO6/c1-3-24-17-7-5-4-6-16(17)20-18(21)12-26-19(22)13-25-15-10-8-14(23-2)9-11-15/h4-11H,3,12-13H2,1-2H3,(H,20,21). The molecule has 0 radical (unpaired) electrons. The first-order chi connectivity index (χ1) is 12.6. The summed E-state index contributed by atoms with van der Waals surface area (Å²) < 4.78 is 20.6. The molecule has 0 unspecified atom stereocenters. The number of nitrogens with one attached hydrogen (secondary N) is 1. The molecule has 0 heterocycles. The van der Waals surface area contributed by atoms with Crippen molar-refractivity contribution >= 4 is 17.6 Å². The van der Waals surface area contributed by atoms with Crippen molar-refractivity contribution in [3.8, 4) is 17.2 Å². The Balaban J connectivity index is 1.75. The fourth-order valence-electron chi connectivity index (χ4n) is 2.04. The second-order valence-corrected chi connectivity index (χ2v) is 5.10. The number of hydrogen-bond acceptors (Lipinski definition) is 6. The van der Waals surface area contributed by atoms with Gasteiger partial charge in [0.2, 0.25) is 0 Å². The highest BCUT2D eigenvalue weighted by molar-refractivity contribution is 5.94. The summed E-state index contributed by atoms with van der Waals surface area (Å²) in [7, 11) is 1.56. The summed E-state index contributed by atoms with van der Waals surface area (Å²) >= 11 is 0. The number of para-hydroxylation sites is 2. The van der Waals surface area contributed by atoms with Crippen molar-refractivity contribution in [2.45, 2.75) is 6.92 Å². The van der Waals surface area contributed by atoms with Gasteiger partial charge in [-0.2, -0.15) is 0 Å². The zero-order valence-electron chi connectivity index (χ0n) is 14.7. The van der Waals surface area contributed by atoms with Crippen LogP contribution in [0.3, 0.4) is 0 Å². The highest BCUT2D eigenvalue weighted by atomic mass is 16.6. The molecule has 26 heavy (non-hydrogen) atoms. The Hall–Kier alpha value is -3.22. The summed E-state index contributed by atoms with van der Waals surface area (Å²) in [5, 5.41) is 2.64. The molecule has 138 valence electrons. The smallest absolute Gasteiger partial charge is 0.344 e. The van der Waals surface area contributed by atoms with E-state index in [9.17, 15) is 9.59 Å². The molecule has 1 N–H and O–H groups in total. The normalized spacial score (nSPS) is 9.92.